The summed E-state index contributed by atoms with van der Waals surface area (Å²) in [6, 6.07) is 22.6. The molecule has 0 radical (unpaired) electrons. The summed E-state index contributed by atoms with van der Waals surface area (Å²) in [6.45, 7) is 7.79. The Kier molecular flexibility index (Phi) is 6.51. The molecule has 3 heterocycles. The molecule has 3 aromatic carbocycles. The van der Waals surface area contributed by atoms with Crippen LogP contribution in [0.1, 0.15) is 16.8 Å². The van der Waals surface area contributed by atoms with E-state index in [-0.39, 0.29) is 6.03 Å². The molecular weight excluding hydrogens is 494 g/mol. The first kappa shape index (κ1) is 24.5. The molecule has 1 fully saturated rings. The topological polar surface area (TPSA) is 62.1 Å². The number of aryl methyl sites for hydroxylation is 2. The predicted molar refractivity (Wildman–Crippen MR) is 154 cm³/mol. The second kappa shape index (κ2) is 10.1. The minimum absolute atomic E-state index is 0.0310. The van der Waals surface area contributed by atoms with E-state index in [1.165, 1.54) is 5.69 Å². The van der Waals surface area contributed by atoms with Crippen LogP contribution in [0.15, 0.2) is 66.7 Å². The van der Waals surface area contributed by atoms with Gasteiger partial charge in [-0.1, -0.05) is 59.9 Å². The van der Waals surface area contributed by atoms with Crippen molar-refractivity contribution in [2.75, 3.05) is 38.6 Å². The molecule has 0 atom stereocenters. The summed E-state index contributed by atoms with van der Waals surface area (Å²) in [5, 5.41) is 3.13. The van der Waals surface area contributed by atoms with E-state index in [9.17, 15) is 4.79 Å². The van der Waals surface area contributed by atoms with Crippen molar-refractivity contribution in [3.8, 4) is 17.0 Å². The fraction of sp³-hybridized carbons (Fsp3) is 0.267. The number of urea groups is 1. The monoisotopic (exact) mass is 525 g/mol. The number of carbonyl (C=O) groups is 1. The maximum absolute atomic E-state index is 13.0. The van der Waals surface area contributed by atoms with Crippen molar-refractivity contribution < 1.29 is 9.53 Å². The maximum Gasteiger partial charge on any atom is 0.321 e. The van der Waals surface area contributed by atoms with Crippen LogP contribution in [0.5, 0.6) is 5.75 Å². The summed E-state index contributed by atoms with van der Waals surface area (Å²) >= 11 is 1.68. The van der Waals surface area contributed by atoms with Crippen LogP contribution in [-0.4, -0.2) is 58.5 Å². The lowest BCUT2D eigenvalue weighted by Crippen LogP contribution is -2.49. The summed E-state index contributed by atoms with van der Waals surface area (Å²) in [5.41, 5.74) is 7.52. The average Bonchev–Trinajstić information content (AvgIpc) is 3.47. The number of methoxy groups -OCH3 is 1. The summed E-state index contributed by atoms with van der Waals surface area (Å²) in [4.78, 5) is 23.5. The van der Waals surface area contributed by atoms with Crippen LogP contribution < -0.4 is 10.1 Å². The number of aromatic nitrogens is 2. The quantitative estimate of drug-likeness (QED) is 0.297. The van der Waals surface area contributed by atoms with Crippen molar-refractivity contribution in [3.05, 3.63) is 83.6 Å². The van der Waals surface area contributed by atoms with Gasteiger partial charge >= 0.3 is 6.03 Å². The summed E-state index contributed by atoms with van der Waals surface area (Å²) < 4.78 is 8.90. The van der Waals surface area contributed by atoms with Gasteiger partial charge < -0.3 is 15.0 Å². The van der Waals surface area contributed by atoms with Crippen molar-refractivity contribution in [2.24, 2.45) is 0 Å². The Morgan fingerprint density at radius 1 is 0.974 bits per heavy atom. The van der Waals surface area contributed by atoms with Gasteiger partial charge in [0, 0.05) is 44.0 Å². The van der Waals surface area contributed by atoms with E-state index in [1.807, 2.05) is 49.1 Å². The number of carbonyl (C=O) groups excluding carboxylic acids is 1. The lowest BCUT2D eigenvalue weighted by molar-refractivity contribution is 0.142. The third-order valence-electron chi connectivity index (χ3n) is 7.34. The normalized spacial score (nSPS) is 14.3. The highest BCUT2D eigenvalue weighted by Gasteiger charge is 2.25. The summed E-state index contributed by atoms with van der Waals surface area (Å²) in [6.07, 6.45) is 0. The van der Waals surface area contributed by atoms with Gasteiger partial charge in [0.15, 0.2) is 4.96 Å². The predicted octanol–water partition coefficient (Wildman–Crippen LogP) is 6.19. The van der Waals surface area contributed by atoms with Crippen molar-refractivity contribution in [1.29, 1.82) is 0 Å². The number of hydrogen-bond acceptors (Lipinski definition) is 5. The fourth-order valence-corrected chi connectivity index (χ4v) is 6.30. The molecule has 1 saturated heterocycles. The van der Waals surface area contributed by atoms with Crippen LogP contribution >= 0.6 is 11.3 Å². The van der Waals surface area contributed by atoms with Crippen LogP contribution in [0.25, 0.3) is 26.4 Å². The van der Waals surface area contributed by atoms with Gasteiger partial charge in [0.05, 0.1) is 28.7 Å². The molecule has 1 aliphatic rings. The van der Waals surface area contributed by atoms with Crippen LogP contribution in [0.4, 0.5) is 10.5 Å². The number of amides is 2. The Morgan fingerprint density at radius 2 is 1.71 bits per heavy atom. The number of thiazole rings is 1. The maximum atomic E-state index is 13.0. The average molecular weight is 526 g/mol. The molecule has 0 saturated carbocycles. The number of benzene rings is 3. The number of para-hydroxylation sites is 1. The molecule has 7 nitrogen and oxygen atoms in total. The number of imidazole rings is 1. The first-order valence-corrected chi connectivity index (χ1v) is 13.7. The number of anilines is 1. The zero-order chi connectivity index (χ0) is 26.2. The fourth-order valence-electron chi connectivity index (χ4n) is 5.23. The van der Waals surface area contributed by atoms with Gasteiger partial charge in [0.25, 0.3) is 0 Å². The number of piperazine rings is 1. The second-order valence-electron chi connectivity index (χ2n) is 9.79. The lowest BCUT2D eigenvalue weighted by atomic mass is 10.1. The van der Waals surface area contributed by atoms with Crippen LogP contribution in [-0.2, 0) is 6.54 Å². The highest BCUT2D eigenvalue weighted by molar-refractivity contribution is 7.23. The summed E-state index contributed by atoms with van der Waals surface area (Å²) in [5.74, 6) is 0.849. The largest absolute Gasteiger partial charge is 0.497 e. The first-order chi connectivity index (χ1) is 18.5. The zero-order valence-corrected chi connectivity index (χ0v) is 22.7. The molecule has 38 heavy (non-hydrogen) atoms. The minimum atomic E-state index is -0.0310. The Bertz CT molecular complexity index is 1600. The van der Waals surface area contributed by atoms with E-state index in [2.05, 4.69) is 51.0 Å². The number of nitrogens with zero attached hydrogens (tertiary/aromatic N) is 4. The number of nitrogens with one attached hydrogen (secondary N) is 1. The molecular formula is C30H31N5O2S. The molecule has 0 bridgehead atoms. The SMILES string of the molecule is COc1ccc2c(c1)sc1nc(-c3ccccc3)c(CN3CCN(C(=O)Nc4c(C)cccc4C)CC3)n12. The Morgan fingerprint density at radius 3 is 2.42 bits per heavy atom. The Labute approximate surface area is 226 Å². The van der Waals surface area contributed by atoms with Gasteiger partial charge in [-0.05, 0) is 43.2 Å². The van der Waals surface area contributed by atoms with E-state index in [1.54, 1.807) is 18.4 Å². The molecule has 0 unspecified atom stereocenters. The van der Waals surface area contributed by atoms with E-state index >= 15 is 0 Å². The van der Waals surface area contributed by atoms with E-state index in [0.717, 1.165) is 68.6 Å². The summed E-state index contributed by atoms with van der Waals surface area (Å²) in [7, 11) is 1.70. The van der Waals surface area contributed by atoms with Crippen LogP contribution in [0.3, 0.4) is 0 Å². The third kappa shape index (κ3) is 4.50. The van der Waals surface area contributed by atoms with Gasteiger partial charge in [0.1, 0.15) is 5.75 Å². The Balaban J connectivity index is 1.25. The highest BCUT2D eigenvalue weighted by atomic mass is 32.1. The molecule has 2 aromatic heterocycles. The van der Waals surface area contributed by atoms with Gasteiger partial charge in [-0.3, -0.25) is 9.30 Å². The first-order valence-electron chi connectivity index (χ1n) is 12.9. The van der Waals surface area contributed by atoms with Gasteiger partial charge in [-0.25, -0.2) is 9.78 Å². The molecule has 8 heteroatoms. The smallest absolute Gasteiger partial charge is 0.321 e. The van der Waals surface area contributed by atoms with E-state index in [0.29, 0.717) is 13.1 Å². The molecule has 1 N–H and O–H groups in total. The van der Waals surface area contributed by atoms with E-state index in [4.69, 9.17) is 9.72 Å². The molecule has 0 aliphatic carbocycles. The number of fused-ring (bicyclic) bond motifs is 3. The van der Waals surface area contributed by atoms with Crippen LogP contribution in [0, 0.1) is 13.8 Å². The zero-order valence-electron chi connectivity index (χ0n) is 21.9. The molecule has 6 rings (SSSR count). The molecule has 194 valence electrons. The van der Waals surface area contributed by atoms with Gasteiger partial charge in [-0.2, -0.15) is 0 Å². The van der Waals surface area contributed by atoms with Crippen molar-refractivity contribution in [3.63, 3.8) is 0 Å². The standard InChI is InChI=1S/C30H31N5O2S/c1-20-8-7-9-21(2)27(20)31-29(36)34-16-14-33(15-17-34)19-25-28(22-10-5-4-6-11-22)32-30-35(25)24-13-12-23(37-3)18-26(24)38-30/h4-13,18H,14-17,19H2,1-3H3,(H,31,36). The third-order valence-corrected chi connectivity index (χ3v) is 8.35. The molecule has 5 aromatic rings. The molecule has 0 spiro atoms. The molecule has 1 aliphatic heterocycles. The number of rotatable bonds is 5. The van der Waals surface area contributed by atoms with Crippen molar-refractivity contribution in [2.45, 2.75) is 20.4 Å². The number of ether oxygens (including phenoxy) is 1. The second-order valence-corrected chi connectivity index (χ2v) is 10.8. The van der Waals surface area contributed by atoms with Crippen molar-refractivity contribution >= 4 is 38.2 Å². The Hall–Kier alpha value is -3.88. The van der Waals surface area contributed by atoms with Gasteiger partial charge in [0.2, 0.25) is 0 Å². The van der Waals surface area contributed by atoms with E-state index < -0.39 is 0 Å². The van der Waals surface area contributed by atoms with Crippen molar-refractivity contribution in [1.82, 2.24) is 19.2 Å². The van der Waals surface area contributed by atoms with Crippen LogP contribution in [0.2, 0.25) is 0 Å². The lowest BCUT2D eigenvalue weighted by Gasteiger charge is -2.35. The van der Waals surface area contributed by atoms with Gasteiger partial charge in [-0.15, -0.1) is 0 Å². The molecule has 2 amide bonds. The minimum Gasteiger partial charge on any atom is -0.497 e. The number of hydrogen-bond donors (Lipinski definition) is 1. The highest BCUT2D eigenvalue weighted by Crippen LogP contribution is 2.35.